The summed E-state index contributed by atoms with van der Waals surface area (Å²) in [7, 11) is 0. The molecule has 1 N–H and O–H groups in total. The van der Waals surface area contributed by atoms with Gasteiger partial charge in [0.05, 0.1) is 15.6 Å². The van der Waals surface area contributed by atoms with Crippen LogP contribution < -0.4 is 5.32 Å². The zero-order chi connectivity index (χ0) is 13.8. The van der Waals surface area contributed by atoms with E-state index in [0.29, 0.717) is 10.9 Å². The van der Waals surface area contributed by atoms with Crippen LogP contribution in [-0.2, 0) is 0 Å². The Kier molecular flexibility index (Phi) is 4.64. The molecule has 2 unspecified atom stereocenters. The minimum absolute atomic E-state index is 0.0295. The summed E-state index contributed by atoms with van der Waals surface area (Å²) in [5.74, 6) is 1.47. The van der Waals surface area contributed by atoms with E-state index in [1.165, 1.54) is 37.8 Å². The Labute approximate surface area is 118 Å². The van der Waals surface area contributed by atoms with Crippen LogP contribution >= 0.6 is 11.6 Å². The van der Waals surface area contributed by atoms with Gasteiger partial charge in [-0.2, -0.15) is 0 Å². The zero-order valence-corrected chi connectivity index (χ0v) is 11.8. The first-order valence-corrected chi connectivity index (χ1v) is 7.12. The average molecular weight is 283 g/mol. The number of nitro groups is 1. The van der Waals surface area contributed by atoms with E-state index in [1.807, 2.05) is 0 Å². The van der Waals surface area contributed by atoms with Crippen molar-refractivity contribution in [1.29, 1.82) is 0 Å². The Morgan fingerprint density at radius 2 is 2.26 bits per heavy atom. The molecule has 1 aromatic rings. The normalized spacial score (nSPS) is 23.1. The first-order chi connectivity index (χ1) is 9.06. The molecule has 19 heavy (non-hydrogen) atoms. The van der Waals surface area contributed by atoms with Gasteiger partial charge in [-0.25, -0.2) is 0 Å². The molecule has 0 aliphatic heterocycles. The molecule has 0 saturated heterocycles. The summed E-state index contributed by atoms with van der Waals surface area (Å²) in [6.07, 6.45) is 5.12. The van der Waals surface area contributed by atoms with Crippen molar-refractivity contribution in [3.8, 4) is 0 Å². The third-order valence-electron chi connectivity index (χ3n) is 3.79. The lowest BCUT2D eigenvalue weighted by molar-refractivity contribution is -0.384. The SMILES string of the molecule is CC1CCCC(CNc2ccc([N+](=O)[O-])cc2Cl)C1. The van der Waals surface area contributed by atoms with Crippen molar-refractivity contribution < 1.29 is 4.92 Å². The summed E-state index contributed by atoms with van der Waals surface area (Å²) >= 11 is 6.05. The van der Waals surface area contributed by atoms with E-state index in [4.69, 9.17) is 11.6 Å². The van der Waals surface area contributed by atoms with Crippen LogP contribution in [0.2, 0.25) is 5.02 Å². The lowest BCUT2D eigenvalue weighted by atomic mass is 9.82. The first-order valence-electron chi connectivity index (χ1n) is 6.74. The predicted molar refractivity (Wildman–Crippen MR) is 77.7 cm³/mol. The molecule has 5 heteroatoms. The average Bonchev–Trinajstić information content (AvgIpc) is 2.37. The number of anilines is 1. The molecule has 0 radical (unpaired) electrons. The van der Waals surface area contributed by atoms with Crippen LogP contribution in [0.15, 0.2) is 18.2 Å². The molecule has 1 aromatic carbocycles. The molecular weight excluding hydrogens is 264 g/mol. The van der Waals surface area contributed by atoms with Crippen LogP contribution in [0, 0.1) is 22.0 Å². The first kappa shape index (κ1) is 14.1. The Balaban J connectivity index is 1.94. The number of hydrogen-bond donors (Lipinski definition) is 1. The molecule has 0 bridgehead atoms. The third-order valence-corrected chi connectivity index (χ3v) is 4.10. The smallest absolute Gasteiger partial charge is 0.271 e. The van der Waals surface area contributed by atoms with Gasteiger partial charge in [-0.1, -0.05) is 31.4 Å². The number of nitrogens with one attached hydrogen (secondary N) is 1. The fraction of sp³-hybridized carbons (Fsp3) is 0.571. The van der Waals surface area contributed by atoms with Gasteiger partial charge in [0.15, 0.2) is 0 Å². The van der Waals surface area contributed by atoms with Crippen molar-refractivity contribution in [2.24, 2.45) is 11.8 Å². The molecule has 0 spiro atoms. The number of halogens is 1. The van der Waals surface area contributed by atoms with Crippen molar-refractivity contribution in [3.05, 3.63) is 33.3 Å². The van der Waals surface area contributed by atoms with Crippen LogP contribution in [0.4, 0.5) is 11.4 Å². The van der Waals surface area contributed by atoms with Gasteiger partial charge in [0.2, 0.25) is 0 Å². The number of rotatable bonds is 4. The standard InChI is InChI=1S/C14H19ClN2O2/c1-10-3-2-4-11(7-10)9-16-14-6-5-12(17(18)19)8-13(14)15/h5-6,8,10-11,16H,2-4,7,9H2,1H3. The summed E-state index contributed by atoms with van der Waals surface area (Å²) in [6.45, 7) is 3.19. The maximum atomic E-state index is 10.6. The molecule has 0 heterocycles. The number of non-ortho nitro benzene ring substituents is 1. The maximum Gasteiger partial charge on any atom is 0.271 e. The van der Waals surface area contributed by atoms with Crippen molar-refractivity contribution >= 4 is 23.0 Å². The molecule has 0 aromatic heterocycles. The lowest BCUT2D eigenvalue weighted by Gasteiger charge is -2.27. The third kappa shape index (κ3) is 3.83. The fourth-order valence-electron chi connectivity index (χ4n) is 2.76. The van der Waals surface area contributed by atoms with Gasteiger partial charge >= 0.3 is 0 Å². The van der Waals surface area contributed by atoms with Gasteiger partial charge in [0.25, 0.3) is 5.69 Å². The van der Waals surface area contributed by atoms with Gasteiger partial charge in [-0.15, -0.1) is 0 Å². The molecule has 1 aliphatic rings. The van der Waals surface area contributed by atoms with Gasteiger partial charge in [-0.05, 0) is 30.7 Å². The molecule has 1 saturated carbocycles. The van der Waals surface area contributed by atoms with Gasteiger partial charge in [0.1, 0.15) is 0 Å². The lowest BCUT2D eigenvalue weighted by Crippen LogP contribution is -2.21. The molecule has 1 fully saturated rings. The van der Waals surface area contributed by atoms with E-state index in [-0.39, 0.29) is 5.69 Å². The summed E-state index contributed by atoms with van der Waals surface area (Å²) in [5.41, 5.74) is 0.812. The number of nitrogens with zero attached hydrogens (tertiary/aromatic N) is 1. The quantitative estimate of drug-likeness (QED) is 0.654. The summed E-state index contributed by atoms with van der Waals surface area (Å²) in [6, 6.07) is 4.57. The van der Waals surface area contributed by atoms with Crippen molar-refractivity contribution in [1.82, 2.24) is 0 Å². The minimum Gasteiger partial charge on any atom is -0.384 e. The summed E-state index contributed by atoms with van der Waals surface area (Å²) in [5, 5.41) is 14.4. The molecular formula is C14H19ClN2O2. The van der Waals surface area contributed by atoms with Crippen LogP contribution in [0.1, 0.15) is 32.6 Å². The van der Waals surface area contributed by atoms with E-state index in [1.54, 1.807) is 6.07 Å². The van der Waals surface area contributed by atoms with Crippen LogP contribution in [0.3, 0.4) is 0 Å². The van der Waals surface area contributed by atoms with E-state index in [9.17, 15) is 10.1 Å². The molecule has 1 aliphatic carbocycles. The Morgan fingerprint density at radius 1 is 1.47 bits per heavy atom. The van der Waals surface area contributed by atoms with Crippen LogP contribution in [0.5, 0.6) is 0 Å². The monoisotopic (exact) mass is 282 g/mol. The van der Waals surface area contributed by atoms with Crippen molar-refractivity contribution in [2.75, 3.05) is 11.9 Å². The Hall–Kier alpha value is -1.29. The van der Waals surface area contributed by atoms with Crippen LogP contribution in [0.25, 0.3) is 0 Å². The summed E-state index contributed by atoms with van der Waals surface area (Å²) < 4.78 is 0. The molecule has 4 nitrogen and oxygen atoms in total. The highest BCUT2D eigenvalue weighted by atomic mass is 35.5. The Morgan fingerprint density at radius 3 is 2.89 bits per heavy atom. The highest BCUT2D eigenvalue weighted by Gasteiger charge is 2.19. The van der Waals surface area contributed by atoms with Gasteiger partial charge in [0, 0.05) is 18.7 Å². The van der Waals surface area contributed by atoms with Crippen molar-refractivity contribution in [3.63, 3.8) is 0 Å². The highest BCUT2D eigenvalue weighted by Crippen LogP contribution is 2.30. The van der Waals surface area contributed by atoms with Gasteiger partial charge in [-0.3, -0.25) is 10.1 Å². The zero-order valence-electron chi connectivity index (χ0n) is 11.1. The molecule has 2 atom stereocenters. The second-order valence-corrected chi connectivity index (χ2v) is 5.85. The highest BCUT2D eigenvalue weighted by molar-refractivity contribution is 6.33. The van der Waals surface area contributed by atoms with E-state index in [2.05, 4.69) is 12.2 Å². The molecule has 0 amide bonds. The van der Waals surface area contributed by atoms with E-state index >= 15 is 0 Å². The maximum absolute atomic E-state index is 10.6. The number of hydrogen-bond acceptors (Lipinski definition) is 3. The predicted octanol–water partition coefficient (Wildman–Crippen LogP) is 4.49. The van der Waals surface area contributed by atoms with Crippen LogP contribution in [-0.4, -0.2) is 11.5 Å². The van der Waals surface area contributed by atoms with E-state index < -0.39 is 4.92 Å². The summed E-state index contributed by atoms with van der Waals surface area (Å²) in [4.78, 5) is 10.2. The minimum atomic E-state index is -0.432. The number of benzene rings is 1. The Bertz CT molecular complexity index is 465. The fourth-order valence-corrected chi connectivity index (χ4v) is 3.00. The molecule has 104 valence electrons. The largest absolute Gasteiger partial charge is 0.384 e. The molecule has 2 rings (SSSR count). The van der Waals surface area contributed by atoms with Gasteiger partial charge < -0.3 is 5.32 Å². The van der Waals surface area contributed by atoms with E-state index in [0.717, 1.165) is 18.2 Å². The topological polar surface area (TPSA) is 55.2 Å². The second-order valence-electron chi connectivity index (χ2n) is 5.44. The second kappa shape index (κ2) is 6.24. The number of nitro benzene ring substituents is 1. The van der Waals surface area contributed by atoms with Crippen molar-refractivity contribution in [2.45, 2.75) is 32.6 Å².